The lowest BCUT2D eigenvalue weighted by atomic mass is 9.76. The first kappa shape index (κ1) is 14.1. The van der Waals surface area contributed by atoms with Gasteiger partial charge in [-0.1, -0.05) is 13.8 Å². The summed E-state index contributed by atoms with van der Waals surface area (Å²) in [5, 5.41) is 4.41. The summed E-state index contributed by atoms with van der Waals surface area (Å²) in [5.74, 6) is 0.283. The molecule has 4 heteroatoms. The summed E-state index contributed by atoms with van der Waals surface area (Å²) in [6, 6.07) is 2.05. The number of ketones is 1. The average Bonchev–Trinajstić information content (AvgIpc) is 2.81. The number of rotatable bonds is 2. The highest BCUT2D eigenvalue weighted by molar-refractivity contribution is 5.99. The number of fused-ring (bicyclic) bond motifs is 1. The van der Waals surface area contributed by atoms with Crippen molar-refractivity contribution in [3.05, 3.63) is 40.5 Å². The van der Waals surface area contributed by atoms with Crippen LogP contribution in [-0.2, 0) is 20.0 Å². The van der Waals surface area contributed by atoms with Crippen molar-refractivity contribution in [1.82, 2.24) is 14.3 Å². The molecule has 3 rings (SSSR count). The summed E-state index contributed by atoms with van der Waals surface area (Å²) < 4.78 is 4.14. The number of carbonyl (C=O) groups excluding carboxylic acids is 1. The number of carbonyl (C=O) groups is 1. The van der Waals surface area contributed by atoms with Crippen LogP contribution in [0.2, 0.25) is 0 Å². The van der Waals surface area contributed by atoms with Crippen molar-refractivity contribution in [2.75, 3.05) is 0 Å². The van der Waals surface area contributed by atoms with Crippen molar-refractivity contribution in [2.45, 2.75) is 47.1 Å². The molecule has 112 valence electrons. The van der Waals surface area contributed by atoms with Gasteiger partial charge < -0.3 is 4.57 Å². The number of Topliss-reactive ketones (excluding diaryl/α,β-unsaturated/α-hetero) is 1. The van der Waals surface area contributed by atoms with Crippen molar-refractivity contribution >= 4 is 5.78 Å². The Labute approximate surface area is 125 Å². The van der Waals surface area contributed by atoms with Gasteiger partial charge in [-0.3, -0.25) is 9.48 Å². The molecule has 0 saturated heterocycles. The zero-order chi connectivity index (χ0) is 15.4. The highest BCUT2D eigenvalue weighted by Gasteiger charge is 2.33. The summed E-state index contributed by atoms with van der Waals surface area (Å²) in [6.45, 7) is 9.27. The fourth-order valence-corrected chi connectivity index (χ4v) is 3.40. The van der Waals surface area contributed by atoms with Gasteiger partial charge >= 0.3 is 0 Å². The predicted molar refractivity (Wildman–Crippen MR) is 82.6 cm³/mol. The standard InChI is InChI=1S/C17H23N3O/c1-11-6-14-15(7-17(3,4)8-16(14)21)20(11)10-13-9-19(5)18-12(13)2/h6,9H,7-8,10H2,1-5H3. The van der Waals surface area contributed by atoms with Gasteiger partial charge in [-0.2, -0.15) is 5.10 Å². The van der Waals surface area contributed by atoms with E-state index in [1.807, 2.05) is 18.7 Å². The quantitative estimate of drug-likeness (QED) is 0.851. The van der Waals surface area contributed by atoms with E-state index in [4.69, 9.17) is 0 Å². The molecule has 1 aliphatic rings. The van der Waals surface area contributed by atoms with Gasteiger partial charge in [0.05, 0.1) is 12.2 Å². The minimum atomic E-state index is 0.0522. The largest absolute Gasteiger partial charge is 0.344 e. The Morgan fingerprint density at radius 2 is 2.00 bits per heavy atom. The maximum Gasteiger partial charge on any atom is 0.165 e. The van der Waals surface area contributed by atoms with E-state index in [1.165, 1.54) is 11.3 Å². The molecule has 0 saturated carbocycles. The molecule has 0 amide bonds. The third kappa shape index (κ3) is 2.43. The summed E-state index contributed by atoms with van der Waals surface area (Å²) in [4.78, 5) is 12.4. The van der Waals surface area contributed by atoms with E-state index in [-0.39, 0.29) is 11.2 Å². The van der Waals surface area contributed by atoms with Crippen molar-refractivity contribution in [3.8, 4) is 0 Å². The maximum atomic E-state index is 12.4. The number of hydrogen-bond acceptors (Lipinski definition) is 2. The van der Waals surface area contributed by atoms with Crippen LogP contribution in [0.1, 0.15) is 53.3 Å². The molecule has 4 nitrogen and oxygen atoms in total. The van der Waals surface area contributed by atoms with Gasteiger partial charge in [-0.05, 0) is 31.7 Å². The van der Waals surface area contributed by atoms with Crippen LogP contribution in [0.5, 0.6) is 0 Å². The third-order valence-electron chi connectivity index (χ3n) is 4.44. The van der Waals surface area contributed by atoms with Crippen LogP contribution in [0.3, 0.4) is 0 Å². The van der Waals surface area contributed by atoms with Gasteiger partial charge in [-0.15, -0.1) is 0 Å². The molecule has 0 aromatic carbocycles. The lowest BCUT2D eigenvalue weighted by Crippen LogP contribution is -2.28. The summed E-state index contributed by atoms with van der Waals surface area (Å²) in [5.41, 5.74) is 5.60. The Bertz CT molecular complexity index is 719. The topological polar surface area (TPSA) is 39.8 Å². The Morgan fingerprint density at radius 1 is 1.29 bits per heavy atom. The van der Waals surface area contributed by atoms with Crippen molar-refractivity contribution < 1.29 is 4.79 Å². The number of aromatic nitrogens is 3. The molecule has 0 spiro atoms. The minimum absolute atomic E-state index is 0.0522. The first-order valence-corrected chi connectivity index (χ1v) is 7.48. The minimum Gasteiger partial charge on any atom is -0.344 e. The molecule has 0 bridgehead atoms. The molecule has 2 heterocycles. The number of aryl methyl sites for hydroxylation is 3. The molecule has 0 aliphatic heterocycles. The van der Waals surface area contributed by atoms with Gasteiger partial charge in [0.1, 0.15) is 0 Å². The summed E-state index contributed by atoms with van der Waals surface area (Å²) in [6.07, 6.45) is 3.67. The van der Waals surface area contributed by atoms with E-state index >= 15 is 0 Å². The van der Waals surface area contributed by atoms with Crippen LogP contribution >= 0.6 is 0 Å². The molecule has 0 N–H and O–H groups in total. The molecule has 0 atom stereocenters. The van der Waals surface area contributed by atoms with Crippen molar-refractivity contribution in [1.29, 1.82) is 0 Å². The smallest absolute Gasteiger partial charge is 0.165 e. The van der Waals surface area contributed by atoms with Crippen molar-refractivity contribution in [2.24, 2.45) is 12.5 Å². The molecule has 2 aromatic heterocycles. The van der Waals surface area contributed by atoms with E-state index in [0.29, 0.717) is 6.42 Å². The molecular weight excluding hydrogens is 262 g/mol. The lowest BCUT2D eigenvalue weighted by Gasteiger charge is -2.29. The fourth-order valence-electron chi connectivity index (χ4n) is 3.40. The van der Waals surface area contributed by atoms with E-state index in [1.54, 1.807) is 0 Å². The van der Waals surface area contributed by atoms with E-state index < -0.39 is 0 Å². The van der Waals surface area contributed by atoms with Gasteiger partial charge in [0.15, 0.2) is 5.78 Å². The van der Waals surface area contributed by atoms with Crippen LogP contribution in [0.25, 0.3) is 0 Å². The zero-order valence-corrected chi connectivity index (χ0v) is 13.5. The van der Waals surface area contributed by atoms with Crippen LogP contribution in [0, 0.1) is 19.3 Å². The molecule has 21 heavy (non-hydrogen) atoms. The van der Waals surface area contributed by atoms with Crippen LogP contribution in [0.15, 0.2) is 12.3 Å². The Morgan fingerprint density at radius 3 is 2.62 bits per heavy atom. The van der Waals surface area contributed by atoms with Gasteiger partial charge in [0, 0.05) is 42.2 Å². The van der Waals surface area contributed by atoms with E-state index in [0.717, 1.165) is 29.9 Å². The predicted octanol–water partition coefficient (Wildman–Crippen LogP) is 3.04. The van der Waals surface area contributed by atoms with Crippen molar-refractivity contribution in [3.63, 3.8) is 0 Å². The molecule has 0 radical (unpaired) electrons. The van der Waals surface area contributed by atoms with Gasteiger partial charge in [0.25, 0.3) is 0 Å². The third-order valence-corrected chi connectivity index (χ3v) is 4.44. The normalized spacial score (nSPS) is 17.1. The second-order valence-corrected chi connectivity index (χ2v) is 7.09. The Kier molecular flexibility index (Phi) is 3.08. The van der Waals surface area contributed by atoms with E-state index in [2.05, 4.69) is 42.7 Å². The second kappa shape index (κ2) is 4.58. The highest BCUT2D eigenvalue weighted by Crippen LogP contribution is 2.36. The fraction of sp³-hybridized carbons (Fsp3) is 0.529. The Hall–Kier alpha value is -1.84. The molecular formula is C17H23N3O. The SMILES string of the molecule is Cc1nn(C)cc1Cn1c(C)cc2c1CC(C)(C)CC2=O. The first-order chi connectivity index (χ1) is 9.77. The van der Waals surface area contributed by atoms with E-state index in [9.17, 15) is 4.79 Å². The molecule has 0 unspecified atom stereocenters. The summed E-state index contributed by atoms with van der Waals surface area (Å²) >= 11 is 0. The zero-order valence-electron chi connectivity index (χ0n) is 13.5. The average molecular weight is 285 g/mol. The molecule has 2 aromatic rings. The number of nitrogens with zero attached hydrogens (tertiary/aromatic N) is 3. The first-order valence-electron chi connectivity index (χ1n) is 7.48. The molecule has 0 fully saturated rings. The molecule has 1 aliphatic carbocycles. The number of hydrogen-bond donors (Lipinski definition) is 0. The summed E-state index contributed by atoms with van der Waals surface area (Å²) in [7, 11) is 1.95. The highest BCUT2D eigenvalue weighted by atomic mass is 16.1. The maximum absolute atomic E-state index is 12.4. The van der Waals surface area contributed by atoms with Gasteiger partial charge in [-0.25, -0.2) is 0 Å². The van der Waals surface area contributed by atoms with Crippen LogP contribution in [0.4, 0.5) is 0 Å². The lowest BCUT2D eigenvalue weighted by molar-refractivity contribution is 0.0910. The second-order valence-electron chi connectivity index (χ2n) is 7.09. The monoisotopic (exact) mass is 285 g/mol. The van der Waals surface area contributed by atoms with Gasteiger partial charge in [0.2, 0.25) is 0 Å². The van der Waals surface area contributed by atoms with Crippen LogP contribution < -0.4 is 0 Å². The Balaban J connectivity index is 2.04. The van der Waals surface area contributed by atoms with Crippen LogP contribution in [-0.4, -0.2) is 20.1 Å².